The van der Waals surface area contributed by atoms with E-state index in [1.165, 1.54) is 19.2 Å². The number of hydrogen-bond acceptors (Lipinski definition) is 5. The summed E-state index contributed by atoms with van der Waals surface area (Å²) in [6.07, 6.45) is 0. The van der Waals surface area contributed by atoms with E-state index in [4.69, 9.17) is 16.3 Å². The molecule has 2 aromatic rings. The first-order valence-corrected chi connectivity index (χ1v) is 11.6. The number of urea groups is 1. The molecule has 0 fully saturated rings. The van der Waals surface area contributed by atoms with Gasteiger partial charge in [-0.25, -0.2) is 18.0 Å². The van der Waals surface area contributed by atoms with Gasteiger partial charge in [0.25, 0.3) is 0 Å². The maximum atomic E-state index is 13.1. The number of esters is 1. The molecule has 0 aliphatic carbocycles. The molecule has 0 aromatic heterocycles. The first-order chi connectivity index (χ1) is 14.6. The average Bonchev–Trinajstić information content (AvgIpc) is 2.73. The lowest BCUT2D eigenvalue weighted by atomic mass is 9.95. The van der Waals surface area contributed by atoms with Gasteiger partial charge >= 0.3 is 12.0 Å². The fourth-order valence-electron chi connectivity index (χ4n) is 3.32. The van der Waals surface area contributed by atoms with E-state index >= 15 is 0 Å². The third-order valence-corrected chi connectivity index (χ3v) is 6.91. The zero-order valence-corrected chi connectivity index (χ0v) is 18.9. The van der Waals surface area contributed by atoms with Crippen LogP contribution in [-0.4, -0.2) is 33.3 Å². The van der Waals surface area contributed by atoms with Crippen LogP contribution in [0.4, 0.5) is 4.79 Å². The summed E-state index contributed by atoms with van der Waals surface area (Å²) >= 11 is 5.94. The number of methoxy groups -OCH3 is 1. The quantitative estimate of drug-likeness (QED) is 0.637. The van der Waals surface area contributed by atoms with Crippen LogP contribution in [0.15, 0.2) is 64.7 Å². The van der Waals surface area contributed by atoms with Gasteiger partial charge in [-0.3, -0.25) is 0 Å². The van der Waals surface area contributed by atoms with Crippen molar-refractivity contribution in [1.29, 1.82) is 0 Å². The van der Waals surface area contributed by atoms with Crippen LogP contribution in [0.5, 0.6) is 0 Å². The fourth-order valence-corrected chi connectivity index (χ4v) is 4.77. The Morgan fingerprint density at radius 1 is 1.10 bits per heavy atom. The predicted octanol–water partition coefficient (Wildman–Crippen LogP) is 3.72. The van der Waals surface area contributed by atoms with Crippen LogP contribution in [0.3, 0.4) is 0 Å². The van der Waals surface area contributed by atoms with Crippen molar-refractivity contribution >= 4 is 33.4 Å². The largest absolute Gasteiger partial charge is 0.466 e. The van der Waals surface area contributed by atoms with Crippen LogP contribution >= 0.6 is 11.6 Å². The van der Waals surface area contributed by atoms with E-state index in [1.807, 2.05) is 13.8 Å². The lowest BCUT2D eigenvalue weighted by Crippen LogP contribution is -2.47. The number of sulfone groups is 1. The Kier molecular flexibility index (Phi) is 6.71. The molecule has 3 rings (SSSR count). The number of benzene rings is 2. The molecule has 164 valence electrons. The van der Waals surface area contributed by atoms with E-state index in [9.17, 15) is 18.0 Å². The number of carbonyl (C=O) groups excluding carboxylic acids is 2. The second-order valence-electron chi connectivity index (χ2n) is 7.45. The summed E-state index contributed by atoms with van der Waals surface area (Å²) in [5.74, 6) is -1.04. The molecule has 2 N–H and O–H groups in total. The lowest BCUT2D eigenvalue weighted by Gasteiger charge is -2.29. The standard InChI is InChI=1S/C22H23ClN2O5S/c1-13(2)14-6-10-17(11-7-14)31(28,29)12-18-19(21(26)30-3)20(25-22(27)24-18)15-4-8-16(23)9-5-15/h4-11,13,20H,12H2,1-3H3,(H2,24,25,27). The van der Waals surface area contributed by atoms with Gasteiger partial charge in [-0.15, -0.1) is 0 Å². The summed E-state index contributed by atoms with van der Waals surface area (Å²) in [4.78, 5) is 25.0. The highest BCUT2D eigenvalue weighted by atomic mass is 35.5. The number of rotatable bonds is 6. The lowest BCUT2D eigenvalue weighted by molar-refractivity contribution is -0.136. The van der Waals surface area contributed by atoms with Crippen LogP contribution in [0.25, 0.3) is 0 Å². The highest BCUT2D eigenvalue weighted by Crippen LogP contribution is 2.30. The van der Waals surface area contributed by atoms with Gasteiger partial charge in [0, 0.05) is 10.7 Å². The van der Waals surface area contributed by atoms with Crippen LogP contribution in [0.2, 0.25) is 5.02 Å². The summed E-state index contributed by atoms with van der Waals surface area (Å²) in [5, 5.41) is 5.60. The van der Waals surface area contributed by atoms with Crippen LogP contribution in [-0.2, 0) is 19.4 Å². The summed E-state index contributed by atoms with van der Waals surface area (Å²) in [5.41, 5.74) is 1.57. The molecule has 0 spiro atoms. The molecule has 1 unspecified atom stereocenters. The Hall–Kier alpha value is -2.84. The molecule has 2 amide bonds. The number of carbonyl (C=O) groups is 2. The van der Waals surface area contributed by atoms with Crippen LogP contribution < -0.4 is 10.6 Å². The van der Waals surface area contributed by atoms with Gasteiger partial charge < -0.3 is 15.4 Å². The second-order valence-corrected chi connectivity index (χ2v) is 9.88. The highest BCUT2D eigenvalue weighted by Gasteiger charge is 2.35. The Bertz CT molecular complexity index is 1120. The number of hydrogen-bond donors (Lipinski definition) is 2. The monoisotopic (exact) mass is 462 g/mol. The molecule has 2 aromatic carbocycles. The van der Waals surface area contributed by atoms with Crippen molar-refractivity contribution in [2.75, 3.05) is 12.9 Å². The molecule has 0 bridgehead atoms. The molecule has 0 saturated carbocycles. The Labute approximate surface area is 186 Å². The molecule has 7 nitrogen and oxygen atoms in total. The molecule has 1 heterocycles. The smallest absolute Gasteiger partial charge is 0.338 e. The molecule has 1 atom stereocenters. The SMILES string of the molecule is COC(=O)C1=C(CS(=O)(=O)c2ccc(C(C)C)cc2)NC(=O)NC1c1ccc(Cl)cc1. The maximum Gasteiger partial charge on any atom is 0.338 e. The van der Waals surface area contributed by atoms with E-state index in [0.29, 0.717) is 10.6 Å². The molecule has 9 heteroatoms. The molecule has 1 aliphatic rings. The molecule has 1 aliphatic heterocycles. The van der Waals surface area contributed by atoms with Gasteiger partial charge in [0.15, 0.2) is 9.84 Å². The average molecular weight is 463 g/mol. The first kappa shape index (κ1) is 22.8. The minimum atomic E-state index is -3.84. The van der Waals surface area contributed by atoms with E-state index in [0.717, 1.165) is 5.56 Å². The van der Waals surface area contributed by atoms with Gasteiger partial charge in [-0.1, -0.05) is 49.7 Å². The number of nitrogens with one attached hydrogen (secondary N) is 2. The van der Waals surface area contributed by atoms with Crippen LogP contribution in [0.1, 0.15) is 36.9 Å². The van der Waals surface area contributed by atoms with E-state index in [-0.39, 0.29) is 22.1 Å². The normalized spacial score (nSPS) is 16.7. The molecular weight excluding hydrogens is 440 g/mol. The summed E-state index contributed by atoms with van der Waals surface area (Å²) in [6.45, 7) is 4.02. The van der Waals surface area contributed by atoms with Crippen molar-refractivity contribution < 1.29 is 22.7 Å². The summed E-state index contributed by atoms with van der Waals surface area (Å²) in [7, 11) is -2.65. The molecule has 0 radical (unpaired) electrons. The fraction of sp³-hybridized carbons (Fsp3) is 0.273. The molecule has 0 saturated heterocycles. The van der Waals surface area contributed by atoms with Crippen molar-refractivity contribution in [3.8, 4) is 0 Å². The van der Waals surface area contributed by atoms with Gasteiger partial charge in [0.1, 0.15) is 0 Å². The Morgan fingerprint density at radius 2 is 1.71 bits per heavy atom. The van der Waals surface area contributed by atoms with Crippen molar-refractivity contribution in [1.82, 2.24) is 10.6 Å². The van der Waals surface area contributed by atoms with E-state index in [2.05, 4.69) is 10.6 Å². The number of ether oxygens (including phenoxy) is 1. The predicted molar refractivity (Wildman–Crippen MR) is 117 cm³/mol. The van der Waals surface area contributed by atoms with E-state index < -0.39 is 33.6 Å². The van der Waals surface area contributed by atoms with Gasteiger partial charge in [-0.2, -0.15) is 0 Å². The van der Waals surface area contributed by atoms with Gasteiger partial charge in [-0.05, 0) is 41.3 Å². The first-order valence-electron chi connectivity index (χ1n) is 9.59. The summed E-state index contributed by atoms with van der Waals surface area (Å²) in [6, 6.07) is 11.6. The van der Waals surface area contributed by atoms with Crippen molar-refractivity contribution in [2.45, 2.75) is 30.7 Å². The third kappa shape index (κ3) is 5.08. The molecule has 31 heavy (non-hydrogen) atoms. The Morgan fingerprint density at radius 3 is 2.26 bits per heavy atom. The van der Waals surface area contributed by atoms with Crippen LogP contribution in [0, 0.1) is 0 Å². The maximum absolute atomic E-state index is 13.1. The highest BCUT2D eigenvalue weighted by molar-refractivity contribution is 7.91. The van der Waals surface area contributed by atoms with Crippen molar-refractivity contribution in [3.05, 3.63) is 76.0 Å². The molecular formula is C22H23ClN2O5S. The summed E-state index contributed by atoms with van der Waals surface area (Å²) < 4.78 is 31.0. The minimum absolute atomic E-state index is 0.0202. The van der Waals surface area contributed by atoms with Crippen molar-refractivity contribution in [2.24, 2.45) is 0 Å². The number of amides is 2. The topological polar surface area (TPSA) is 102 Å². The van der Waals surface area contributed by atoms with Gasteiger partial charge in [0.05, 0.1) is 29.4 Å². The third-order valence-electron chi connectivity index (χ3n) is 5.00. The second kappa shape index (κ2) is 9.11. The minimum Gasteiger partial charge on any atom is -0.466 e. The van der Waals surface area contributed by atoms with E-state index in [1.54, 1.807) is 36.4 Å². The van der Waals surface area contributed by atoms with Crippen molar-refractivity contribution in [3.63, 3.8) is 0 Å². The number of halogens is 1. The zero-order chi connectivity index (χ0) is 22.8. The zero-order valence-electron chi connectivity index (χ0n) is 17.3. The van der Waals surface area contributed by atoms with Gasteiger partial charge in [0.2, 0.25) is 0 Å². The Balaban J connectivity index is 2.04.